The van der Waals surface area contributed by atoms with Gasteiger partial charge in [-0.1, -0.05) is 36.4 Å². The van der Waals surface area contributed by atoms with E-state index in [1.165, 1.54) is 4.90 Å². The molecule has 2 N–H and O–H groups in total. The third-order valence-corrected chi connectivity index (χ3v) is 5.08. The molecule has 0 aliphatic carbocycles. The Balaban J connectivity index is 1.83. The smallest absolute Gasteiger partial charge is 0.257 e. The number of carbonyl (C=O) groups excluding carboxylic acids is 2. The molecule has 7 nitrogen and oxygen atoms in total. The first-order valence-electron chi connectivity index (χ1n) is 9.29. The van der Waals surface area contributed by atoms with Crippen LogP contribution in [-0.2, 0) is 9.53 Å². The van der Waals surface area contributed by atoms with Crippen molar-refractivity contribution < 1.29 is 18.7 Å². The van der Waals surface area contributed by atoms with Crippen molar-refractivity contribution in [1.29, 1.82) is 0 Å². The van der Waals surface area contributed by atoms with Crippen molar-refractivity contribution in [3.8, 4) is 11.3 Å². The van der Waals surface area contributed by atoms with Gasteiger partial charge in [0.25, 0.3) is 5.91 Å². The van der Waals surface area contributed by atoms with Crippen molar-refractivity contribution in [2.75, 3.05) is 19.7 Å². The maximum atomic E-state index is 13.2. The third-order valence-electron chi connectivity index (χ3n) is 5.08. The monoisotopic (exact) mass is 392 g/mol. The number of nitrogens with zero attached hydrogens (tertiary/aromatic N) is 1. The molecule has 1 saturated heterocycles. The number of rotatable bonds is 3. The van der Waals surface area contributed by atoms with Crippen molar-refractivity contribution in [3.05, 3.63) is 69.9 Å². The SMILES string of the molecule is Cc1c(-c2ccccc2)oc2c(C(=O)N3CCOC(C(N)=O)C3)cccc2c1=O. The van der Waals surface area contributed by atoms with E-state index in [0.717, 1.165) is 5.56 Å². The summed E-state index contributed by atoms with van der Waals surface area (Å²) in [5.74, 6) is -0.523. The van der Waals surface area contributed by atoms with E-state index < -0.39 is 12.0 Å². The van der Waals surface area contributed by atoms with Crippen LogP contribution in [0.25, 0.3) is 22.3 Å². The molecule has 1 unspecified atom stereocenters. The van der Waals surface area contributed by atoms with Gasteiger partial charge in [-0.25, -0.2) is 0 Å². The van der Waals surface area contributed by atoms with Crippen molar-refractivity contribution in [3.63, 3.8) is 0 Å². The number of fused-ring (bicyclic) bond motifs is 1. The first-order chi connectivity index (χ1) is 14.0. The molecule has 1 aliphatic rings. The summed E-state index contributed by atoms with van der Waals surface area (Å²) in [7, 11) is 0. The van der Waals surface area contributed by atoms with Crippen LogP contribution in [-0.4, -0.2) is 42.5 Å². The molecule has 1 fully saturated rings. The highest BCUT2D eigenvalue weighted by atomic mass is 16.5. The lowest BCUT2D eigenvalue weighted by molar-refractivity contribution is -0.133. The van der Waals surface area contributed by atoms with Gasteiger partial charge in [0.15, 0.2) is 17.1 Å². The van der Waals surface area contributed by atoms with Crippen molar-refractivity contribution in [2.24, 2.45) is 5.73 Å². The number of hydrogen-bond donors (Lipinski definition) is 1. The molecule has 148 valence electrons. The zero-order chi connectivity index (χ0) is 20.5. The largest absolute Gasteiger partial charge is 0.455 e. The van der Waals surface area contributed by atoms with Gasteiger partial charge < -0.3 is 19.8 Å². The van der Waals surface area contributed by atoms with Crippen LogP contribution in [0.1, 0.15) is 15.9 Å². The number of ether oxygens (including phenoxy) is 1. The molecule has 1 aliphatic heterocycles. The molecular weight excluding hydrogens is 372 g/mol. The number of benzene rings is 2. The standard InChI is InChI=1S/C22H20N2O5/c1-13-18(25)15-8-5-9-16(20(15)29-19(13)14-6-3-2-4-7-14)22(27)24-10-11-28-17(12-24)21(23)26/h2-9,17H,10-12H2,1H3,(H2,23,26). The molecule has 0 saturated carbocycles. The van der Waals surface area contributed by atoms with Gasteiger partial charge in [-0.3, -0.25) is 14.4 Å². The summed E-state index contributed by atoms with van der Waals surface area (Å²) < 4.78 is 11.4. The lowest BCUT2D eigenvalue weighted by Gasteiger charge is -2.31. The van der Waals surface area contributed by atoms with E-state index >= 15 is 0 Å². The van der Waals surface area contributed by atoms with E-state index in [1.54, 1.807) is 25.1 Å². The zero-order valence-electron chi connectivity index (χ0n) is 15.9. The van der Waals surface area contributed by atoms with Gasteiger partial charge in [0, 0.05) is 17.7 Å². The fourth-order valence-electron chi connectivity index (χ4n) is 3.52. The Labute approximate surface area is 166 Å². The number of morpholine rings is 1. The van der Waals surface area contributed by atoms with Crippen LogP contribution in [0.4, 0.5) is 0 Å². The highest BCUT2D eigenvalue weighted by Gasteiger charge is 2.30. The van der Waals surface area contributed by atoms with Crippen molar-refractivity contribution >= 4 is 22.8 Å². The Morgan fingerprint density at radius 3 is 2.59 bits per heavy atom. The summed E-state index contributed by atoms with van der Waals surface area (Å²) in [5.41, 5.74) is 6.87. The topological polar surface area (TPSA) is 103 Å². The molecule has 3 aromatic rings. The minimum absolute atomic E-state index is 0.0617. The molecule has 2 amide bonds. The van der Waals surface area contributed by atoms with E-state index in [-0.39, 0.29) is 35.6 Å². The number of amides is 2. The predicted molar refractivity (Wildman–Crippen MR) is 107 cm³/mol. The molecule has 2 heterocycles. The van der Waals surface area contributed by atoms with Crippen LogP contribution in [0.2, 0.25) is 0 Å². The normalized spacial score (nSPS) is 16.7. The third kappa shape index (κ3) is 3.40. The predicted octanol–water partition coefficient (Wildman–Crippen LogP) is 2.09. The summed E-state index contributed by atoms with van der Waals surface area (Å²) in [6.45, 7) is 2.30. The molecule has 0 radical (unpaired) electrons. The molecular formula is C22H20N2O5. The second-order valence-electron chi connectivity index (χ2n) is 6.95. The average molecular weight is 392 g/mol. The molecule has 29 heavy (non-hydrogen) atoms. The molecule has 0 spiro atoms. The molecule has 0 bridgehead atoms. The summed E-state index contributed by atoms with van der Waals surface area (Å²) in [4.78, 5) is 39.1. The van der Waals surface area contributed by atoms with Gasteiger partial charge in [-0.2, -0.15) is 0 Å². The van der Waals surface area contributed by atoms with E-state index in [4.69, 9.17) is 14.9 Å². The quantitative estimate of drug-likeness (QED) is 0.735. The zero-order valence-corrected chi connectivity index (χ0v) is 15.9. The van der Waals surface area contributed by atoms with Crippen LogP contribution in [0.3, 0.4) is 0 Å². The Bertz CT molecular complexity index is 1150. The fraction of sp³-hybridized carbons (Fsp3) is 0.227. The van der Waals surface area contributed by atoms with Crippen molar-refractivity contribution in [1.82, 2.24) is 4.90 Å². The van der Waals surface area contributed by atoms with Crippen LogP contribution >= 0.6 is 0 Å². The number of carbonyl (C=O) groups is 2. The highest BCUT2D eigenvalue weighted by molar-refractivity contribution is 6.05. The average Bonchev–Trinajstić information content (AvgIpc) is 2.76. The van der Waals surface area contributed by atoms with Gasteiger partial charge in [0.2, 0.25) is 5.91 Å². The second-order valence-corrected chi connectivity index (χ2v) is 6.95. The van der Waals surface area contributed by atoms with Gasteiger partial charge in [-0.15, -0.1) is 0 Å². The van der Waals surface area contributed by atoms with Gasteiger partial charge >= 0.3 is 0 Å². The van der Waals surface area contributed by atoms with Crippen LogP contribution in [0, 0.1) is 6.92 Å². The Hall–Kier alpha value is -3.45. The Morgan fingerprint density at radius 1 is 1.10 bits per heavy atom. The first-order valence-corrected chi connectivity index (χ1v) is 9.29. The van der Waals surface area contributed by atoms with Crippen molar-refractivity contribution in [2.45, 2.75) is 13.0 Å². The minimum atomic E-state index is -0.850. The number of hydrogen-bond acceptors (Lipinski definition) is 5. The Kier molecular flexibility index (Phi) is 4.90. The molecule has 1 atom stereocenters. The summed E-state index contributed by atoms with van der Waals surface area (Å²) in [5, 5.41) is 0.341. The second kappa shape index (κ2) is 7.52. The van der Waals surface area contributed by atoms with Crippen LogP contribution in [0.5, 0.6) is 0 Å². The van der Waals surface area contributed by atoms with Crippen LogP contribution in [0.15, 0.2) is 57.7 Å². The van der Waals surface area contributed by atoms with E-state index in [2.05, 4.69) is 0 Å². The maximum absolute atomic E-state index is 13.2. The first kappa shape index (κ1) is 18.9. The summed E-state index contributed by atoms with van der Waals surface area (Å²) in [6.07, 6.45) is -0.850. The molecule has 4 rings (SSSR count). The van der Waals surface area contributed by atoms with E-state index in [1.807, 2.05) is 30.3 Å². The minimum Gasteiger partial charge on any atom is -0.455 e. The number of primary amides is 1. The highest BCUT2D eigenvalue weighted by Crippen LogP contribution is 2.28. The number of para-hydroxylation sites is 1. The van der Waals surface area contributed by atoms with Gasteiger partial charge in [0.05, 0.1) is 24.1 Å². The maximum Gasteiger partial charge on any atom is 0.257 e. The van der Waals surface area contributed by atoms with E-state index in [9.17, 15) is 14.4 Å². The molecule has 7 heteroatoms. The molecule has 2 aromatic carbocycles. The van der Waals surface area contributed by atoms with Crippen LogP contribution < -0.4 is 11.2 Å². The number of nitrogens with two attached hydrogens (primary N) is 1. The molecule has 1 aromatic heterocycles. The summed E-state index contributed by atoms with van der Waals surface area (Å²) >= 11 is 0. The lowest BCUT2D eigenvalue weighted by atomic mass is 10.0. The van der Waals surface area contributed by atoms with E-state index in [0.29, 0.717) is 23.3 Å². The fourth-order valence-corrected chi connectivity index (χ4v) is 3.52. The summed E-state index contributed by atoms with van der Waals surface area (Å²) in [6, 6.07) is 14.2. The van der Waals surface area contributed by atoms with Gasteiger partial charge in [-0.05, 0) is 19.1 Å². The van der Waals surface area contributed by atoms with Gasteiger partial charge in [0.1, 0.15) is 5.76 Å². The lowest BCUT2D eigenvalue weighted by Crippen LogP contribution is -2.50. The Morgan fingerprint density at radius 2 is 1.86 bits per heavy atom.